The van der Waals surface area contributed by atoms with Crippen LogP contribution in [0.5, 0.6) is 0 Å². The van der Waals surface area contributed by atoms with Crippen LogP contribution in [-0.2, 0) is 9.53 Å². The van der Waals surface area contributed by atoms with E-state index in [1.807, 2.05) is 53.8 Å². The molecular formula is C42H44N8O3. The van der Waals surface area contributed by atoms with Gasteiger partial charge in [-0.25, -0.2) is 14.8 Å². The molecule has 3 aromatic carbocycles. The van der Waals surface area contributed by atoms with E-state index >= 15 is 0 Å². The van der Waals surface area contributed by atoms with Crippen LogP contribution in [0.25, 0.3) is 44.5 Å². The maximum absolute atomic E-state index is 14.1. The molecule has 11 heteroatoms. The maximum Gasteiger partial charge on any atom is 0.408 e. The van der Waals surface area contributed by atoms with Crippen molar-refractivity contribution in [3.63, 3.8) is 0 Å². The number of aromatic amines is 2. The van der Waals surface area contributed by atoms with Crippen LogP contribution in [-0.4, -0.2) is 60.5 Å². The van der Waals surface area contributed by atoms with Gasteiger partial charge in [0.1, 0.15) is 23.3 Å². The monoisotopic (exact) mass is 708 g/mol. The molecule has 53 heavy (non-hydrogen) atoms. The predicted molar refractivity (Wildman–Crippen MR) is 205 cm³/mol. The zero-order chi connectivity index (χ0) is 36.5. The fourth-order valence-corrected chi connectivity index (χ4v) is 7.36. The summed E-state index contributed by atoms with van der Waals surface area (Å²) in [6.45, 7) is 7.00. The molecular weight excluding hydrogens is 665 g/mol. The first kappa shape index (κ1) is 34.3. The minimum absolute atomic E-state index is 0.196. The summed E-state index contributed by atoms with van der Waals surface area (Å²) in [6, 6.07) is 25.3. The highest BCUT2D eigenvalue weighted by molar-refractivity contribution is 5.89. The van der Waals surface area contributed by atoms with E-state index in [1.165, 1.54) is 6.42 Å². The molecule has 8 rings (SSSR count). The second-order valence-corrected chi connectivity index (χ2v) is 14.9. The third-order valence-electron chi connectivity index (χ3n) is 10.00. The van der Waals surface area contributed by atoms with E-state index in [-0.39, 0.29) is 11.9 Å². The number of nitrogens with one attached hydrogen (secondary N) is 4. The first-order valence-electron chi connectivity index (χ1n) is 18.4. The van der Waals surface area contributed by atoms with E-state index in [9.17, 15) is 9.59 Å². The molecule has 0 radical (unpaired) electrons. The number of imidazole rings is 2. The van der Waals surface area contributed by atoms with Gasteiger partial charge in [0.2, 0.25) is 0 Å². The quantitative estimate of drug-likeness (QED) is 0.125. The van der Waals surface area contributed by atoms with Crippen LogP contribution in [0.2, 0.25) is 0 Å². The molecule has 0 bridgehead atoms. The van der Waals surface area contributed by atoms with Crippen molar-refractivity contribution < 1.29 is 14.3 Å². The molecule has 0 spiro atoms. The zero-order valence-corrected chi connectivity index (χ0v) is 30.2. The van der Waals surface area contributed by atoms with Crippen LogP contribution in [0.4, 0.5) is 4.79 Å². The van der Waals surface area contributed by atoms with Crippen molar-refractivity contribution in [2.75, 3.05) is 13.1 Å². The Labute approximate surface area is 308 Å². The lowest BCUT2D eigenvalue weighted by atomic mass is 10.0. The molecule has 2 amide bonds. The molecule has 0 saturated carbocycles. The number of rotatable bonds is 8. The SMILES string of the molecule is CC(C)(C)OC(=O)N[C@@H](C(=O)N1CCC[C@H]1c1ncc(-c2ccc(-c3cc4ccc(-c5cnc([C@@H]6CCCN6)[nH]5)cc4cn3)cc2)[nH]1)c1ccccc1. The van der Waals surface area contributed by atoms with E-state index in [4.69, 9.17) is 14.7 Å². The summed E-state index contributed by atoms with van der Waals surface area (Å²) in [5.74, 6) is 1.52. The van der Waals surface area contributed by atoms with Crippen molar-refractivity contribution in [2.24, 2.45) is 0 Å². The molecule has 11 nitrogen and oxygen atoms in total. The average Bonchev–Trinajstić information content (AvgIpc) is 4.00. The Kier molecular flexibility index (Phi) is 9.26. The molecule has 270 valence electrons. The lowest BCUT2D eigenvalue weighted by molar-refractivity contribution is -0.134. The number of hydrogen-bond acceptors (Lipinski definition) is 7. The number of alkyl carbamates (subject to hydrolysis) is 1. The van der Waals surface area contributed by atoms with Gasteiger partial charge >= 0.3 is 6.09 Å². The summed E-state index contributed by atoms with van der Waals surface area (Å²) >= 11 is 0. The van der Waals surface area contributed by atoms with Crippen molar-refractivity contribution in [3.05, 3.63) is 115 Å². The number of ether oxygens (including phenoxy) is 1. The topological polar surface area (TPSA) is 141 Å². The van der Waals surface area contributed by atoms with Gasteiger partial charge in [0.05, 0.1) is 41.6 Å². The Morgan fingerprint density at radius 3 is 2.26 bits per heavy atom. The standard InChI is InChI=1S/C42H44N8O3/c1-42(2,3)53-41(52)49-37(28-9-5-4-6-10-28)40(51)50-20-8-12-36(50)39-46-24-34(48-39)27-15-13-26(14-16-27)33-22-29-17-18-30(21-31(29)23-44-33)35-25-45-38(47-35)32-11-7-19-43-32/h4-6,9-10,13-18,21-25,32,36-37,43H,7-8,11-12,19-20H2,1-3H3,(H,45,47)(H,46,48)(H,49,52)/t32-,36-,37+/m0/s1. The zero-order valence-electron chi connectivity index (χ0n) is 30.2. The van der Waals surface area contributed by atoms with Crippen molar-refractivity contribution in [1.82, 2.24) is 40.5 Å². The number of amides is 2. The largest absolute Gasteiger partial charge is 0.444 e. The Morgan fingerprint density at radius 2 is 1.51 bits per heavy atom. The minimum Gasteiger partial charge on any atom is -0.444 e. The molecule has 3 aromatic heterocycles. The Hall–Kier alpha value is -5.81. The Bertz CT molecular complexity index is 2230. The number of likely N-dealkylation sites (tertiary alicyclic amines) is 1. The summed E-state index contributed by atoms with van der Waals surface area (Å²) < 4.78 is 5.51. The number of hydrogen-bond donors (Lipinski definition) is 4. The van der Waals surface area contributed by atoms with Gasteiger partial charge in [-0.15, -0.1) is 0 Å². The van der Waals surface area contributed by atoms with Gasteiger partial charge < -0.3 is 30.2 Å². The van der Waals surface area contributed by atoms with Crippen LogP contribution in [0.1, 0.15) is 81.8 Å². The number of fused-ring (bicyclic) bond motifs is 1. The first-order valence-corrected chi connectivity index (χ1v) is 18.4. The van der Waals surface area contributed by atoms with Crippen LogP contribution in [0.3, 0.4) is 0 Å². The number of aromatic nitrogens is 5. The Morgan fingerprint density at radius 1 is 0.792 bits per heavy atom. The molecule has 5 heterocycles. The number of carbonyl (C=O) groups excluding carboxylic acids is 2. The van der Waals surface area contributed by atoms with Crippen LogP contribution in [0, 0.1) is 0 Å². The van der Waals surface area contributed by atoms with Crippen molar-refractivity contribution in [2.45, 2.75) is 70.2 Å². The van der Waals surface area contributed by atoms with E-state index in [0.29, 0.717) is 18.2 Å². The smallest absolute Gasteiger partial charge is 0.408 e. The third-order valence-corrected chi connectivity index (χ3v) is 10.00. The van der Waals surface area contributed by atoms with Gasteiger partial charge in [-0.1, -0.05) is 66.7 Å². The van der Waals surface area contributed by atoms with Gasteiger partial charge in [0.15, 0.2) is 0 Å². The maximum atomic E-state index is 14.1. The summed E-state index contributed by atoms with van der Waals surface area (Å²) in [7, 11) is 0. The van der Waals surface area contributed by atoms with Crippen molar-refractivity contribution in [1.29, 1.82) is 0 Å². The molecule has 4 N–H and O–H groups in total. The van der Waals surface area contributed by atoms with Crippen LogP contribution in [0.15, 0.2) is 97.5 Å². The summed E-state index contributed by atoms with van der Waals surface area (Å²) in [4.78, 5) is 49.9. The molecule has 0 unspecified atom stereocenters. The molecule has 2 aliphatic rings. The molecule has 0 aliphatic carbocycles. The molecule has 3 atom stereocenters. The normalized spacial score (nSPS) is 18.0. The molecule has 6 aromatic rings. The van der Waals surface area contributed by atoms with E-state index in [1.54, 1.807) is 20.8 Å². The predicted octanol–water partition coefficient (Wildman–Crippen LogP) is 8.04. The molecule has 2 saturated heterocycles. The minimum atomic E-state index is -0.886. The average molecular weight is 709 g/mol. The van der Waals surface area contributed by atoms with Crippen LogP contribution < -0.4 is 10.6 Å². The summed E-state index contributed by atoms with van der Waals surface area (Å²) in [5, 5.41) is 8.51. The summed E-state index contributed by atoms with van der Waals surface area (Å²) in [6.07, 6.45) is 8.91. The Balaban J connectivity index is 0.966. The third kappa shape index (κ3) is 7.43. The molecule has 2 aliphatic heterocycles. The number of carbonyl (C=O) groups is 2. The number of pyridine rings is 1. The number of benzene rings is 3. The highest BCUT2D eigenvalue weighted by Gasteiger charge is 2.37. The second-order valence-electron chi connectivity index (χ2n) is 14.9. The fraction of sp³-hybridized carbons (Fsp3) is 0.310. The van der Waals surface area contributed by atoms with Crippen LogP contribution >= 0.6 is 0 Å². The number of H-pyrrole nitrogens is 2. The van der Waals surface area contributed by atoms with Gasteiger partial charge in [-0.05, 0) is 81.6 Å². The molecule has 2 fully saturated rings. The van der Waals surface area contributed by atoms with Gasteiger partial charge in [0, 0.05) is 29.3 Å². The van der Waals surface area contributed by atoms with Crippen molar-refractivity contribution in [3.8, 4) is 33.8 Å². The van der Waals surface area contributed by atoms with Crippen molar-refractivity contribution >= 4 is 22.8 Å². The van der Waals surface area contributed by atoms with Gasteiger partial charge in [-0.2, -0.15) is 0 Å². The first-order chi connectivity index (χ1) is 25.7. The lowest BCUT2D eigenvalue weighted by Crippen LogP contribution is -2.44. The fourth-order valence-electron chi connectivity index (χ4n) is 7.36. The second kappa shape index (κ2) is 14.3. The van der Waals surface area contributed by atoms with E-state index in [0.717, 1.165) is 82.0 Å². The van der Waals surface area contributed by atoms with Gasteiger partial charge in [-0.3, -0.25) is 9.78 Å². The van der Waals surface area contributed by atoms with Gasteiger partial charge in [0.25, 0.3) is 5.91 Å². The van der Waals surface area contributed by atoms with E-state index in [2.05, 4.69) is 74.1 Å². The van der Waals surface area contributed by atoms with E-state index < -0.39 is 17.7 Å². The summed E-state index contributed by atoms with van der Waals surface area (Å²) in [5.41, 5.74) is 5.85. The number of nitrogens with zero attached hydrogens (tertiary/aromatic N) is 4. The highest BCUT2D eigenvalue weighted by atomic mass is 16.6. The lowest BCUT2D eigenvalue weighted by Gasteiger charge is -2.29. The highest BCUT2D eigenvalue weighted by Crippen LogP contribution is 2.35.